The summed E-state index contributed by atoms with van der Waals surface area (Å²) in [6.45, 7) is 0.749. The third kappa shape index (κ3) is 3.48. The van der Waals surface area contributed by atoms with Crippen molar-refractivity contribution in [1.29, 1.82) is 0 Å². The number of nitrogens with zero attached hydrogens (tertiary/aromatic N) is 2. The smallest absolute Gasteiger partial charge is 0.338 e. The summed E-state index contributed by atoms with van der Waals surface area (Å²) in [4.78, 5) is 54.4. The number of benzene rings is 2. The van der Waals surface area contributed by atoms with Crippen molar-refractivity contribution in [2.75, 3.05) is 18.1 Å². The molecule has 2 aliphatic heterocycles. The number of thiophene rings is 1. The number of anilines is 1. The highest BCUT2D eigenvalue weighted by atomic mass is 32.1. The molecule has 0 saturated heterocycles. The van der Waals surface area contributed by atoms with Gasteiger partial charge in [-0.05, 0) is 53.8 Å². The van der Waals surface area contributed by atoms with Gasteiger partial charge in [0.25, 0.3) is 17.7 Å². The van der Waals surface area contributed by atoms with Crippen LogP contribution >= 0.6 is 11.3 Å². The summed E-state index contributed by atoms with van der Waals surface area (Å²) >= 11 is 1.69. The minimum Gasteiger partial charge on any atom is -0.452 e. The van der Waals surface area contributed by atoms with Crippen LogP contribution in [0.3, 0.4) is 0 Å². The van der Waals surface area contributed by atoms with E-state index in [9.17, 15) is 19.2 Å². The van der Waals surface area contributed by atoms with Gasteiger partial charge in [-0.15, -0.1) is 11.3 Å². The van der Waals surface area contributed by atoms with E-state index in [1.54, 1.807) is 52.6 Å². The molecule has 3 heterocycles. The zero-order valence-corrected chi connectivity index (χ0v) is 17.8. The van der Waals surface area contributed by atoms with Gasteiger partial charge in [0, 0.05) is 18.0 Å². The Bertz CT molecular complexity index is 1230. The first kappa shape index (κ1) is 20.1. The lowest BCUT2D eigenvalue weighted by Gasteiger charge is -2.26. The van der Waals surface area contributed by atoms with Crippen LogP contribution in [0, 0.1) is 0 Å². The van der Waals surface area contributed by atoms with E-state index < -0.39 is 17.8 Å². The number of hydrogen-bond acceptors (Lipinski definition) is 6. The molecule has 2 aliphatic rings. The second-order valence-electron chi connectivity index (χ2n) is 7.55. The minimum atomic E-state index is -0.690. The van der Waals surface area contributed by atoms with E-state index in [0.29, 0.717) is 24.2 Å². The molecule has 160 valence electrons. The highest BCUT2D eigenvalue weighted by Crippen LogP contribution is 2.29. The van der Waals surface area contributed by atoms with Gasteiger partial charge in [0.15, 0.2) is 6.61 Å². The Morgan fingerprint density at radius 2 is 1.72 bits per heavy atom. The summed E-state index contributed by atoms with van der Waals surface area (Å²) in [5.41, 5.74) is 2.22. The Labute approximate surface area is 187 Å². The first-order valence-corrected chi connectivity index (χ1v) is 11.0. The topological polar surface area (TPSA) is 84.0 Å². The van der Waals surface area contributed by atoms with Gasteiger partial charge in [0.05, 0.1) is 22.4 Å². The fourth-order valence-corrected chi connectivity index (χ4v) is 4.85. The van der Waals surface area contributed by atoms with Gasteiger partial charge in [-0.1, -0.05) is 18.2 Å². The molecule has 0 bridgehead atoms. The number of carbonyl (C=O) groups is 4. The first-order valence-electron chi connectivity index (χ1n) is 10.1. The number of imide groups is 1. The van der Waals surface area contributed by atoms with Crippen LogP contribution in [0.15, 0.2) is 60.0 Å². The third-order valence-corrected chi connectivity index (χ3v) is 6.64. The van der Waals surface area contributed by atoms with E-state index in [-0.39, 0.29) is 23.8 Å². The molecule has 32 heavy (non-hydrogen) atoms. The standard InChI is InChI=1S/C24H18N2O5S/c27-21(25-10-8-20-16(13-25)9-11-32-20)14-31-24(30)15-4-3-5-17(12-15)26-22(28)18-6-1-2-7-19(18)23(26)29/h1-7,9,11-12H,8,10,13-14H2. The summed E-state index contributed by atoms with van der Waals surface area (Å²) in [6, 6.07) is 14.7. The maximum atomic E-state index is 12.7. The Kier molecular flexibility index (Phi) is 5.07. The maximum absolute atomic E-state index is 12.7. The molecule has 0 atom stereocenters. The molecule has 0 aliphatic carbocycles. The van der Waals surface area contributed by atoms with Crippen LogP contribution in [-0.2, 0) is 22.5 Å². The van der Waals surface area contributed by atoms with Crippen molar-refractivity contribution in [2.24, 2.45) is 0 Å². The normalized spacial score (nSPS) is 14.9. The molecular formula is C24H18N2O5S. The van der Waals surface area contributed by atoms with Crippen LogP contribution in [0.5, 0.6) is 0 Å². The average molecular weight is 446 g/mol. The largest absolute Gasteiger partial charge is 0.452 e. The zero-order valence-electron chi connectivity index (χ0n) is 16.9. The van der Waals surface area contributed by atoms with Crippen molar-refractivity contribution in [1.82, 2.24) is 4.90 Å². The number of fused-ring (bicyclic) bond motifs is 2. The van der Waals surface area contributed by atoms with E-state index in [1.807, 2.05) is 11.4 Å². The van der Waals surface area contributed by atoms with Crippen molar-refractivity contribution >= 4 is 40.7 Å². The van der Waals surface area contributed by atoms with E-state index in [2.05, 4.69) is 0 Å². The van der Waals surface area contributed by atoms with E-state index in [4.69, 9.17) is 4.74 Å². The van der Waals surface area contributed by atoms with Crippen molar-refractivity contribution in [2.45, 2.75) is 13.0 Å². The van der Waals surface area contributed by atoms with E-state index in [0.717, 1.165) is 16.9 Å². The monoisotopic (exact) mass is 446 g/mol. The van der Waals surface area contributed by atoms with Crippen molar-refractivity contribution in [3.05, 3.63) is 87.1 Å². The second-order valence-corrected chi connectivity index (χ2v) is 8.55. The van der Waals surface area contributed by atoms with E-state index >= 15 is 0 Å². The molecule has 0 radical (unpaired) electrons. The van der Waals surface area contributed by atoms with Crippen LogP contribution < -0.4 is 4.90 Å². The third-order valence-electron chi connectivity index (χ3n) is 5.62. The quantitative estimate of drug-likeness (QED) is 0.454. The van der Waals surface area contributed by atoms with Gasteiger partial charge in [0.2, 0.25) is 0 Å². The second kappa shape index (κ2) is 8.05. The van der Waals surface area contributed by atoms with Crippen LogP contribution in [-0.4, -0.2) is 41.7 Å². The minimum absolute atomic E-state index is 0.158. The van der Waals surface area contributed by atoms with Gasteiger partial charge in [-0.25, -0.2) is 9.69 Å². The van der Waals surface area contributed by atoms with Gasteiger partial charge in [-0.2, -0.15) is 0 Å². The number of ether oxygens (including phenoxy) is 1. The molecule has 8 heteroatoms. The Morgan fingerprint density at radius 3 is 2.47 bits per heavy atom. The molecule has 3 amide bonds. The molecule has 2 aromatic carbocycles. The number of esters is 1. The lowest BCUT2D eigenvalue weighted by atomic mass is 10.1. The Hall–Kier alpha value is -3.78. The molecule has 0 fully saturated rings. The summed E-state index contributed by atoms with van der Waals surface area (Å²) in [5, 5.41) is 2.01. The highest BCUT2D eigenvalue weighted by molar-refractivity contribution is 7.10. The maximum Gasteiger partial charge on any atom is 0.338 e. The van der Waals surface area contributed by atoms with Crippen molar-refractivity contribution < 1.29 is 23.9 Å². The average Bonchev–Trinajstić information content (AvgIpc) is 3.39. The summed E-state index contributed by atoms with van der Waals surface area (Å²) < 4.78 is 5.23. The van der Waals surface area contributed by atoms with Crippen LogP contribution in [0.4, 0.5) is 5.69 Å². The Balaban J connectivity index is 1.26. The lowest BCUT2D eigenvalue weighted by molar-refractivity contribution is -0.135. The molecule has 0 spiro atoms. The predicted octanol–water partition coefficient (Wildman–Crippen LogP) is 3.29. The Morgan fingerprint density at radius 1 is 0.969 bits per heavy atom. The summed E-state index contributed by atoms with van der Waals surface area (Å²) in [5.74, 6) is -1.83. The van der Waals surface area contributed by atoms with Crippen molar-refractivity contribution in [3.8, 4) is 0 Å². The summed E-state index contributed by atoms with van der Waals surface area (Å²) in [7, 11) is 0. The van der Waals surface area contributed by atoms with Gasteiger partial charge in [0.1, 0.15) is 0 Å². The van der Waals surface area contributed by atoms with Crippen molar-refractivity contribution in [3.63, 3.8) is 0 Å². The molecule has 3 aromatic rings. The fraction of sp³-hybridized carbons (Fsp3) is 0.167. The van der Waals surface area contributed by atoms with E-state index in [1.165, 1.54) is 17.0 Å². The predicted molar refractivity (Wildman–Crippen MR) is 118 cm³/mol. The van der Waals surface area contributed by atoms with Crippen LogP contribution in [0.2, 0.25) is 0 Å². The number of rotatable bonds is 4. The number of carbonyl (C=O) groups excluding carboxylic acids is 4. The van der Waals surface area contributed by atoms with Crippen LogP contribution in [0.1, 0.15) is 41.5 Å². The molecule has 0 N–H and O–H groups in total. The van der Waals surface area contributed by atoms with Gasteiger partial charge >= 0.3 is 5.97 Å². The van der Waals surface area contributed by atoms with Crippen LogP contribution in [0.25, 0.3) is 0 Å². The summed E-state index contributed by atoms with van der Waals surface area (Å²) in [6.07, 6.45) is 0.801. The molecule has 5 rings (SSSR count). The number of amides is 3. The first-order chi connectivity index (χ1) is 15.5. The van der Waals surface area contributed by atoms with Gasteiger partial charge in [-0.3, -0.25) is 14.4 Å². The molecular weight excluding hydrogens is 428 g/mol. The molecule has 7 nitrogen and oxygen atoms in total. The molecule has 1 aromatic heterocycles. The SMILES string of the molecule is O=C(OCC(=O)N1CCc2sccc2C1)c1cccc(N2C(=O)c3ccccc3C2=O)c1. The molecule has 0 saturated carbocycles. The molecule has 0 unspecified atom stereocenters. The van der Waals surface area contributed by atoms with Gasteiger partial charge < -0.3 is 9.64 Å². The highest BCUT2D eigenvalue weighted by Gasteiger charge is 2.36. The lowest BCUT2D eigenvalue weighted by Crippen LogP contribution is -2.38. The zero-order chi connectivity index (χ0) is 22.2. The fourth-order valence-electron chi connectivity index (χ4n) is 3.96. The number of hydrogen-bond donors (Lipinski definition) is 0.